The van der Waals surface area contributed by atoms with Gasteiger partial charge in [-0.2, -0.15) is 0 Å². The molecule has 1 atom stereocenters. The highest BCUT2D eigenvalue weighted by atomic mass is 19.3. The van der Waals surface area contributed by atoms with Gasteiger partial charge in [0.25, 0.3) is 6.43 Å². The highest BCUT2D eigenvalue weighted by Crippen LogP contribution is 2.25. The standard InChI is InChI=1S/C12H15F2N/c13-12(14)11-4-2-1-3-10(11)7-9-5-6-15-8-9/h1-4,9,12,15H,5-8H2. The average Bonchev–Trinajstić information content (AvgIpc) is 2.71. The summed E-state index contributed by atoms with van der Waals surface area (Å²) < 4.78 is 25.4. The summed E-state index contributed by atoms with van der Waals surface area (Å²) in [5.41, 5.74) is 1.01. The summed E-state index contributed by atoms with van der Waals surface area (Å²) in [5.74, 6) is 0.518. The van der Waals surface area contributed by atoms with Crippen LogP contribution in [0.3, 0.4) is 0 Å². The largest absolute Gasteiger partial charge is 0.316 e. The molecule has 15 heavy (non-hydrogen) atoms. The normalized spacial score (nSPS) is 21.1. The number of alkyl halides is 2. The molecule has 1 N–H and O–H groups in total. The van der Waals surface area contributed by atoms with Gasteiger partial charge >= 0.3 is 0 Å². The Morgan fingerprint density at radius 3 is 2.80 bits per heavy atom. The number of halogens is 2. The van der Waals surface area contributed by atoms with Gasteiger partial charge in [0.15, 0.2) is 0 Å². The second kappa shape index (κ2) is 4.71. The molecule has 82 valence electrons. The molecule has 1 unspecified atom stereocenters. The van der Waals surface area contributed by atoms with Gasteiger partial charge in [0.1, 0.15) is 0 Å². The van der Waals surface area contributed by atoms with E-state index >= 15 is 0 Å². The van der Waals surface area contributed by atoms with Crippen LogP contribution in [0, 0.1) is 5.92 Å². The first-order valence-corrected chi connectivity index (χ1v) is 5.34. The van der Waals surface area contributed by atoms with Crippen molar-refractivity contribution in [3.05, 3.63) is 35.4 Å². The molecule has 0 bridgehead atoms. The highest BCUT2D eigenvalue weighted by molar-refractivity contribution is 5.28. The highest BCUT2D eigenvalue weighted by Gasteiger charge is 2.18. The van der Waals surface area contributed by atoms with Crippen LogP contribution in [0.15, 0.2) is 24.3 Å². The van der Waals surface area contributed by atoms with E-state index in [4.69, 9.17) is 0 Å². The van der Waals surface area contributed by atoms with Crippen molar-refractivity contribution in [3.63, 3.8) is 0 Å². The van der Waals surface area contributed by atoms with Crippen molar-refractivity contribution < 1.29 is 8.78 Å². The quantitative estimate of drug-likeness (QED) is 0.810. The molecule has 1 saturated heterocycles. The van der Waals surface area contributed by atoms with E-state index in [1.165, 1.54) is 6.07 Å². The molecule has 3 heteroatoms. The molecule has 0 spiro atoms. The minimum absolute atomic E-state index is 0.199. The fraction of sp³-hybridized carbons (Fsp3) is 0.500. The third-order valence-electron chi connectivity index (χ3n) is 2.96. The molecular weight excluding hydrogens is 196 g/mol. The van der Waals surface area contributed by atoms with Crippen molar-refractivity contribution in [1.29, 1.82) is 0 Å². The van der Waals surface area contributed by atoms with E-state index in [2.05, 4.69) is 5.32 Å². The third-order valence-corrected chi connectivity index (χ3v) is 2.96. The van der Waals surface area contributed by atoms with Gasteiger partial charge in [0, 0.05) is 5.56 Å². The molecule has 0 radical (unpaired) electrons. The average molecular weight is 211 g/mol. The zero-order chi connectivity index (χ0) is 10.7. The van der Waals surface area contributed by atoms with Crippen molar-refractivity contribution in [1.82, 2.24) is 5.32 Å². The van der Waals surface area contributed by atoms with Gasteiger partial charge in [-0.05, 0) is 37.4 Å². The van der Waals surface area contributed by atoms with E-state index in [0.717, 1.165) is 31.5 Å². The van der Waals surface area contributed by atoms with Crippen LogP contribution in [0.2, 0.25) is 0 Å². The maximum Gasteiger partial charge on any atom is 0.264 e. The summed E-state index contributed by atoms with van der Waals surface area (Å²) in [4.78, 5) is 0. The first-order chi connectivity index (χ1) is 7.27. The van der Waals surface area contributed by atoms with Gasteiger partial charge in [0.2, 0.25) is 0 Å². The summed E-state index contributed by atoms with van der Waals surface area (Å²) >= 11 is 0. The van der Waals surface area contributed by atoms with Crippen molar-refractivity contribution >= 4 is 0 Å². The smallest absolute Gasteiger partial charge is 0.264 e. The van der Waals surface area contributed by atoms with Crippen LogP contribution >= 0.6 is 0 Å². The van der Waals surface area contributed by atoms with Crippen LogP contribution in [0.25, 0.3) is 0 Å². The minimum atomic E-state index is -2.35. The molecule has 0 aromatic heterocycles. The molecule has 0 aliphatic carbocycles. The number of hydrogen-bond acceptors (Lipinski definition) is 1. The molecule has 1 aliphatic heterocycles. The lowest BCUT2D eigenvalue weighted by Crippen LogP contribution is -2.11. The lowest BCUT2D eigenvalue weighted by Gasteiger charge is -2.12. The Morgan fingerprint density at radius 1 is 1.33 bits per heavy atom. The van der Waals surface area contributed by atoms with E-state index in [1.807, 2.05) is 12.1 Å². The molecule has 1 aromatic rings. The molecule has 0 amide bonds. The minimum Gasteiger partial charge on any atom is -0.316 e. The Morgan fingerprint density at radius 2 is 2.13 bits per heavy atom. The van der Waals surface area contributed by atoms with Gasteiger partial charge in [0.05, 0.1) is 0 Å². The number of hydrogen-bond donors (Lipinski definition) is 1. The van der Waals surface area contributed by atoms with Gasteiger partial charge in [-0.15, -0.1) is 0 Å². The zero-order valence-electron chi connectivity index (χ0n) is 8.55. The molecular formula is C12H15F2N. The second-order valence-electron chi connectivity index (χ2n) is 4.06. The fourth-order valence-electron chi connectivity index (χ4n) is 2.13. The van der Waals surface area contributed by atoms with Crippen LogP contribution in [-0.4, -0.2) is 13.1 Å². The summed E-state index contributed by atoms with van der Waals surface area (Å²) in [6, 6.07) is 6.86. The molecule has 0 saturated carbocycles. The Bertz CT molecular complexity index is 319. The van der Waals surface area contributed by atoms with Crippen molar-refractivity contribution in [2.24, 2.45) is 5.92 Å². The van der Waals surface area contributed by atoms with Crippen LogP contribution in [0.1, 0.15) is 24.0 Å². The molecule has 1 nitrogen and oxygen atoms in total. The Balaban J connectivity index is 2.12. The van der Waals surface area contributed by atoms with Gasteiger partial charge in [-0.3, -0.25) is 0 Å². The third kappa shape index (κ3) is 2.53. The maximum absolute atomic E-state index is 12.7. The lowest BCUT2D eigenvalue weighted by molar-refractivity contribution is 0.150. The fourth-order valence-corrected chi connectivity index (χ4v) is 2.13. The van der Waals surface area contributed by atoms with E-state index < -0.39 is 6.43 Å². The monoisotopic (exact) mass is 211 g/mol. The first kappa shape index (κ1) is 10.6. The van der Waals surface area contributed by atoms with Gasteiger partial charge < -0.3 is 5.32 Å². The Labute approximate surface area is 88.5 Å². The predicted molar refractivity (Wildman–Crippen MR) is 56.1 cm³/mol. The van der Waals surface area contributed by atoms with E-state index in [0.29, 0.717) is 5.92 Å². The Kier molecular flexibility index (Phi) is 3.31. The number of nitrogens with one attached hydrogen (secondary N) is 1. The first-order valence-electron chi connectivity index (χ1n) is 5.34. The van der Waals surface area contributed by atoms with Crippen molar-refractivity contribution in [3.8, 4) is 0 Å². The molecule has 2 rings (SSSR count). The Hall–Kier alpha value is -0.960. The number of benzene rings is 1. The molecule has 1 heterocycles. The van der Waals surface area contributed by atoms with Gasteiger partial charge in [-0.1, -0.05) is 24.3 Å². The van der Waals surface area contributed by atoms with Crippen LogP contribution in [0.5, 0.6) is 0 Å². The lowest BCUT2D eigenvalue weighted by atomic mass is 9.95. The molecule has 1 aromatic carbocycles. The zero-order valence-corrected chi connectivity index (χ0v) is 8.55. The predicted octanol–water partition coefficient (Wildman–Crippen LogP) is 2.78. The molecule has 1 aliphatic rings. The topological polar surface area (TPSA) is 12.0 Å². The van der Waals surface area contributed by atoms with Crippen LogP contribution < -0.4 is 5.32 Å². The van der Waals surface area contributed by atoms with Crippen molar-refractivity contribution in [2.45, 2.75) is 19.3 Å². The SMILES string of the molecule is FC(F)c1ccccc1CC1CCNC1. The van der Waals surface area contributed by atoms with Gasteiger partial charge in [-0.25, -0.2) is 8.78 Å². The molecule has 1 fully saturated rings. The van der Waals surface area contributed by atoms with Crippen molar-refractivity contribution in [2.75, 3.05) is 13.1 Å². The number of rotatable bonds is 3. The summed E-state index contributed by atoms with van der Waals surface area (Å²) in [7, 11) is 0. The van der Waals surface area contributed by atoms with Crippen LogP contribution in [0.4, 0.5) is 8.78 Å². The summed E-state index contributed by atoms with van der Waals surface area (Å²) in [6.45, 7) is 1.97. The van der Waals surface area contributed by atoms with E-state index in [-0.39, 0.29) is 5.56 Å². The second-order valence-corrected chi connectivity index (χ2v) is 4.06. The van der Waals surface area contributed by atoms with E-state index in [9.17, 15) is 8.78 Å². The van der Waals surface area contributed by atoms with E-state index in [1.54, 1.807) is 6.07 Å². The summed E-state index contributed by atoms with van der Waals surface area (Å²) in [5, 5.41) is 3.25. The van der Waals surface area contributed by atoms with Crippen LogP contribution in [-0.2, 0) is 6.42 Å². The summed E-state index contributed by atoms with van der Waals surface area (Å²) in [6.07, 6.45) is -0.485. The maximum atomic E-state index is 12.7.